The summed E-state index contributed by atoms with van der Waals surface area (Å²) in [4.78, 5) is 13.9. The molecule has 0 N–H and O–H groups in total. The number of halogens is 1. The zero-order chi connectivity index (χ0) is 13.4. The van der Waals surface area contributed by atoms with Crippen molar-refractivity contribution in [1.82, 2.24) is 19.8 Å². The highest BCUT2D eigenvalue weighted by Crippen LogP contribution is 2.28. The van der Waals surface area contributed by atoms with E-state index in [1.54, 1.807) is 0 Å². The summed E-state index contributed by atoms with van der Waals surface area (Å²) < 4.78 is 0. The van der Waals surface area contributed by atoms with E-state index in [-0.39, 0.29) is 0 Å². The molecule has 2 aliphatic heterocycles. The largest absolute Gasteiger partial charge is 0.299 e. The lowest BCUT2D eigenvalue weighted by molar-refractivity contribution is 0.211. The second-order valence-corrected chi connectivity index (χ2v) is 6.21. The number of likely N-dealkylation sites (tertiary alicyclic amines) is 1. The molecule has 1 aromatic rings. The third kappa shape index (κ3) is 2.91. The van der Waals surface area contributed by atoms with Crippen LogP contribution in [0.3, 0.4) is 0 Å². The summed E-state index contributed by atoms with van der Waals surface area (Å²) in [6.45, 7) is 5.05. The predicted molar refractivity (Wildman–Crippen MR) is 76.2 cm³/mol. The summed E-state index contributed by atoms with van der Waals surface area (Å²) in [6.07, 6.45) is 3.95. The number of rotatable bonds is 2. The Hall–Kier alpha value is -0.710. The molecule has 19 heavy (non-hydrogen) atoms. The quantitative estimate of drug-likeness (QED) is 0.777. The highest BCUT2D eigenvalue weighted by Gasteiger charge is 2.34. The number of aryl methyl sites for hydroxylation is 1. The Morgan fingerprint density at radius 2 is 2.05 bits per heavy atom. The van der Waals surface area contributed by atoms with Crippen molar-refractivity contribution in [2.75, 3.05) is 20.1 Å². The van der Waals surface area contributed by atoms with E-state index in [1.807, 2.05) is 13.0 Å². The lowest BCUT2D eigenvalue weighted by Gasteiger charge is -2.25. The maximum absolute atomic E-state index is 6.01. The molecule has 0 radical (unpaired) electrons. The summed E-state index contributed by atoms with van der Waals surface area (Å²) in [6, 6.07) is 3.29. The molecule has 2 atom stereocenters. The van der Waals surface area contributed by atoms with Gasteiger partial charge in [-0.15, -0.1) is 0 Å². The first-order chi connectivity index (χ1) is 9.11. The van der Waals surface area contributed by atoms with E-state index in [4.69, 9.17) is 11.6 Å². The second-order valence-electron chi connectivity index (χ2n) is 5.82. The van der Waals surface area contributed by atoms with Gasteiger partial charge >= 0.3 is 0 Å². The Morgan fingerprint density at radius 3 is 2.84 bits per heavy atom. The fraction of sp³-hybridized carbons (Fsp3) is 0.714. The van der Waals surface area contributed by atoms with Crippen LogP contribution in [0.5, 0.6) is 0 Å². The fourth-order valence-corrected chi connectivity index (χ4v) is 3.64. The third-order valence-corrected chi connectivity index (χ3v) is 4.66. The normalized spacial score (nSPS) is 28.6. The second kappa shape index (κ2) is 5.35. The van der Waals surface area contributed by atoms with Crippen LogP contribution in [-0.2, 0) is 6.54 Å². The molecular weight excluding hydrogens is 260 g/mol. The lowest BCUT2D eigenvalue weighted by atomic mass is 10.1. The molecule has 104 valence electrons. The van der Waals surface area contributed by atoms with Gasteiger partial charge in [0, 0.05) is 30.9 Å². The van der Waals surface area contributed by atoms with Gasteiger partial charge in [-0.2, -0.15) is 0 Å². The Bertz CT molecular complexity index is 445. The molecule has 3 heterocycles. The Morgan fingerprint density at radius 1 is 1.26 bits per heavy atom. The number of likely N-dealkylation sites (N-methyl/N-ethyl adjacent to an activating group) is 1. The molecule has 1 aromatic heterocycles. The van der Waals surface area contributed by atoms with Crippen molar-refractivity contribution in [3.05, 3.63) is 22.7 Å². The first-order valence-corrected chi connectivity index (χ1v) is 7.44. The van der Waals surface area contributed by atoms with E-state index < -0.39 is 0 Å². The van der Waals surface area contributed by atoms with Crippen LogP contribution in [0.15, 0.2) is 6.07 Å². The Balaban J connectivity index is 1.70. The standard InChI is InChI=1S/C14H21ClN4/c1-10-7-13(15)17-14(16-10)9-19-6-5-11-3-4-12(8-19)18(11)2/h7,11-12H,3-6,8-9H2,1-2H3. The van der Waals surface area contributed by atoms with Crippen molar-refractivity contribution in [3.8, 4) is 0 Å². The Labute approximate surface area is 119 Å². The minimum absolute atomic E-state index is 0.552. The van der Waals surface area contributed by atoms with Gasteiger partial charge in [0.1, 0.15) is 11.0 Å². The highest BCUT2D eigenvalue weighted by atomic mass is 35.5. The number of hydrogen-bond acceptors (Lipinski definition) is 4. The maximum atomic E-state index is 6.01. The van der Waals surface area contributed by atoms with Crippen LogP contribution in [0.25, 0.3) is 0 Å². The van der Waals surface area contributed by atoms with E-state index in [0.29, 0.717) is 11.2 Å². The van der Waals surface area contributed by atoms with Gasteiger partial charge in [-0.25, -0.2) is 9.97 Å². The zero-order valence-electron chi connectivity index (χ0n) is 11.6. The smallest absolute Gasteiger partial charge is 0.144 e. The lowest BCUT2D eigenvalue weighted by Crippen LogP contribution is -2.36. The summed E-state index contributed by atoms with van der Waals surface area (Å²) in [5.74, 6) is 0.852. The third-order valence-electron chi connectivity index (χ3n) is 4.47. The molecule has 0 spiro atoms. The molecular formula is C14H21ClN4. The minimum atomic E-state index is 0.552. The van der Waals surface area contributed by atoms with E-state index in [0.717, 1.165) is 37.2 Å². The highest BCUT2D eigenvalue weighted by molar-refractivity contribution is 6.29. The van der Waals surface area contributed by atoms with Crippen LogP contribution in [0.4, 0.5) is 0 Å². The molecule has 5 heteroatoms. The topological polar surface area (TPSA) is 32.3 Å². The van der Waals surface area contributed by atoms with Crippen LogP contribution >= 0.6 is 11.6 Å². The minimum Gasteiger partial charge on any atom is -0.299 e. The SMILES string of the molecule is Cc1cc(Cl)nc(CN2CCC3CCC(C2)N3C)n1. The molecule has 0 saturated carbocycles. The monoisotopic (exact) mass is 280 g/mol. The molecule has 2 aliphatic rings. The van der Waals surface area contributed by atoms with E-state index in [2.05, 4.69) is 26.8 Å². The molecule has 3 rings (SSSR count). The van der Waals surface area contributed by atoms with Crippen molar-refractivity contribution >= 4 is 11.6 Å². The molecule has 4 nitrogen and oxygen atoms in total. The van der Waals surface area contributed by atoms with Crippen molar-refractivity contribution in [2.24, 2.45) is 0 Å². The van der Waals surface area contributed by atoms with Crippen LogP contribution in [0.2, 0.25) is 5.15 Å². The van der Waals surface area contributed by atoms with Crippen molar-refractivity contribution < 1.29 is 0 Å². The van der Waals surface area contributed by atoms with Crippen LogP contribution < -0.4 is 0 Å². The van der Waals surface area contributed by atoms with Crippen molar-refractivity contribution in [2.45, 2.75) is 44.8 Å². The van der Waals surface area contributed by atoms with E-state index in [1.165, 1.54) is 19.3 Å². The molecule has 2 fully saturated rings. The zero-order valence-corrected chi connectivity index (χ0v) is 12.4. The predicted octanol–water partition coefficient (Wildman–Crippen LogP) is 2.11. The van der Waals surface area contributed by atoms with E-state index >= 15 is 0 Å². The molecule has 0 amide bonds. The summed E-state index contributed by atoms with van der Waals surface area (Å²) in [5.41, 5.74) is 0.948. The van der Waals surface area contributed by atoms with E-state index in [9.17, 15) is 0 Å². The molecule has 2 saturated heterocycles. The first kappa shape index (κ1) is 13.3. The molecule has 0 aliphatic carbocycles. The molecule has 0 aromatic carbocycles. The number of nitrogens with zero attached hydrogens (tertiary/aromatic N) is 4. The van der Waals surface area contributed by atoms with Gasteiger partial charge in [0.05, 0.1) is 6.54 Å². The van der Waals surface area contributed by atoms with Crippen LogP contribution in [0, 0.1) is 6.92 Å². The van der Waals surface area contributed by atoms with Gasteiger partial charge < -0.3 is 0 Å². The first-order valence-electron chi connectivity index (χ1n) is 7.06. The molecule has 2 unspecified atom stereocenters. The maximum Gasteiger partial charge on any atom is 0.144 e. The Kier molecular flexibility index (Phi) is 3.74. The fourth-order valence-electron chi connectivity index (χ4n) is 3.38. The van der Waals surface area contributed by atoms with Crippen LogP contribution in [0.1, 0.15) is 30.8 Å². The number of aromatic nitrogens is 2. The molecule has 2 bridgehead atoms. The van der Waals surface area contributed by atoms with Gasteiger partial charge in [0.25, 0.3) is 0 Å². The number of fused-ring (bicyclic) bond motifs is 2. The number of hydrogen-bond donors (Lipinski definition) is 0. The van der Waals surface area contributed by atoms with Gasteiger partial charge in [0.15, 0.2) is 0 Å². The van der Waals surface area contributed by atoms with Crippen molar-refractivity contribution in [1.29, 1.82) is 0 Å². The van der Waals surface area contributed by atoms with Crippen LogP contribution in [-0.4, -0.2) is 52.0 Å². The average molecular weight is 281 g/mol. The van der Waals surface area contributed by atoms with Gasteiger partial charge in [0.2, 0.25) is 0 Å². The summed E-state index contributed by atoms with van der Waals surface area (Å²) in [7, 11) is 2.27. The summed E-state index contributed by atoms with van der Waals surface area (Å²) in [5, 5.41) is 0.552. The van der Waals surface area contributed by atoms with Gasteiger partial charge in [-0.05, 0) is 39.3 Å². The summed E-state index contributed by atoms with van der Waals surface area (Å²) >= 11 is 6.01. The van der Waals surface area contributed by atoms with Gasteiger partial charge in [-0.3, -0.25) is 9.80 Å². The average Bonchev–Trinajstić information content (AvgIpc) is 2.56. The van der Waals surface area contributed by atoms with Gasteiger partial charge in [-0.1, -0.05) is 11.6 Å². The van der Waals surface area contributed by atoms with Crippen molar-refractivity contribution in [3.63, 3.8) is 0 Å².